The second-order valence-electron chi connectivity index (χ2n) is 18.5. The molecular formula is C49H55F5O10S2. The van der Waals surface area contributed by atoms with Gasteiger partial charge in [-0.15, -0.1) is 0 Å². The van der Waals surface area contributed by atoms with Gasteiger partial charge in [0, 0.05) is 49.9 Å². The lowest BCUT2D eigenvalue weighted by atomic mass is 9.44. The van der Waals surface area contributed by atoms with E-state index in [4.69, 9.17) is 4.74 Å². The van der Waals surface area contributed by atoms with Gasteiger partial charge >= 0.3 is 23.4 Å². The second kappa shape index (κ2) is 20.4. The highest BCUT2D eigenvalue weighted by Gasteiger charge is 2.66. The quantitative estimate of drug-likeness (QED) is 0.0500. The SMILES string of the molecule is CC(CCC(=O)OCCCC(=O)OC(C(F)(F)F)C(F)(F)S(=O)(=O)[O-])C1CCC2C3C(=O)CC4CC(=O)CCC4(C)C3CC(=O)C12C.c1ccc([S+](c2ccccc2)c2ccccc2)cc1. The van der Waals surface area contributed by atoms with E-state index in [1.165, 1.54) is 14.7 Å². The summed E-state index contributed by atoms with van der Waals surface area (Å²) < 4.78 is 106. The fourth-order valence-corrected chi connectivity index (χ4v) is 13.7. The molecule has 4 fully saturated rings. The van der Waals surface area contributed by atoms with Crippen LogP contribution in [0.15, 0.2) is 106 Å². The monoisotopic (exact) mass is 962 g/mol. The minimum Gasteiger partial charge on any atom is -0.743 e. The number of carbonyl (C=O) groups excluding carboxylic acids is 5. The van der Waals surface area contributed by atoms with E-state index in [1.54, 1.807) is 0 Å². The topological polar surface area (TPSA) is 161 Å². The van der Waals surface area contributed by atoms with E-state index in [0.29, 0.717) is 44.9 Å². The number of rotatable bonds is 14. The Hall–Kier alpha value is -4.48. The minimum atomic E-state index is -6.81. The highest BCUT2D eigenvalue weighted by molar-refractivity contribution is 7.97. The normalized spacial score (nSPS) is 27.4. The van der Waals surface area contributed by atoms with Gasteiger partial charge in [0.2, 0.25) is 0 Å². The van der Waals surface area contributed by atoms with Crippen LogP contribution < -0.4 is 0 Å². The Morgan fingerprint density at radius 2 is 1.33 bits per heavy atom. The number of esters is 2. The summed E-state index contributed by atoms with van der Waals surface area (Å²) >= 11 is 0. The molecule has 0 saturated heterocycles. The van der Waals surface area contributed by atoms with Gasteiger partial charge in [-0.2, -0.15) is 22.0 Å². The molecular weight excluding hydrogens is 908 g/mol. The fraction of sp³-hybridized carbons (Fsp3) is 0.531. The van der Waals surface area contributed by atoms with Crippen LogP contribution in [0.1, 0.15) is 91.4 Å². The van der Waals surface area contributed by atoms with E-state index in [9.17, 15) is 58.9 Å². The van der Waals surface area contributed by atoms with Crippen LogP contribution >= 0.6 is 0 Å². The largest absolute Gasteiger partial charge is 0.743 e. The van der Waals surface area contributed by atoms with Crippen LogP contribution in [-0.4, -0.2) is 66.4 Å². The van der Waals surface area contributed by atoms with Gasteiger partial charge in [0.15, 0.2) is 24.8 Å². The van der Waals surface area contributed by atoms with Crippen LogP contribution in [0.4, 0.5) is 22.0 Å². The molecule has 0 spiro atoms. The first-order valence-electron chi connectivity index (χ1n) is 22.2. The molecule has 358 valence electrons. The molecule has 4 aliphatic carbocycles. The molecule has 66 heavy (non-hydrogen) atoms. The van der Waals surface area contributed by atoms with Crippen molar-refractivity contribution in [3.8, 4) is 0 Å². The van der Waals surface area contributed by atoms with Gasteiger partial charge in [-0.05, 0) is 104 Å². The second-order valence-corrected chi connectivity index (χ2v) is 21.9. The van der Waals surface area contributed by atoms with Gasteiger partial charge in [0.1, 0.15) is 17.3 Å². The van der Waals surface area contributed by atoms with Gasteiger partial charge in [0.05, 0.1) is 17.5 Å². The first-order chi connectivity index (χ1) is 31.0. The van der Waals surface area contributed by atoms with E-state index in [-0.39, 0.29) is 82.0 Å². The summed E-state index contributed by atoms with van der Waals surface area (Å²) in [7, 11) is -6.82. The number of fused-ring (bicyclic) bond motifs is 5. The molecule has 0 N–H and O–H groups in total. The molecule has 3 aromatic carbocycles. The molecule has 0 heterocycles. The van der Waals surface area contributed by atoms with E-state index >= 15 is 0 Å². The van der Waals surface area contributed by atoms with E-state index < -0.39 is 64.5 Å². The van der Waals surface area contributed by atoms with Crippen molar-refractivity contribution in [3.05, 3.63) is 91.0 Å². The number of hydrogen-bond donors (Lipinski definition) is 0. The highest BCUT2D eigenvalue weighted by atomic mass is 32.2. The third-order valence-electron chi connectivity index (χ3n) is 14.6. The van der Waals surface area contributed by atoms with Crippen LogP contribution in [0.2, 0.25) is 0 Å². The number of alkyl halides is 5. The predicted octanol–water partition coefficient (Wildman–Crippen LogP) is 9.71. The number of hydrogen-bond acceptors (Lipinski definition) is 10. The maximum atomic E-state index is 13.9. The molecule has 0 bridgehead atoms. The molecule has 0 aromatic heterocycles. The van der Waals surface area contributed by atoms with Gasteiger partial charge in [-0.3, -0.25) is 24.0 Å². The van der Waals surface area contributed by atoms with Crippen molar-refractivity contribution in [1.29, 1.82) is 0 Å². The standard InChI is InChI=1S/C31H41F5O10S.C18H15S/c1-16(6-9-24(40)45-12-4-5-25(41)46-27(30(32,33)34)31(35,36)47(42,43)44)19-7-8-20-26-21(15-23(39)29(19,20)3)28(2)11-10-18(37)13-17(28)14-22(26)38;1-4-10-16(11-5-1)19(17-12-6-2-7-13-17)18-14-8-3-9-15-18/h16-17,19-21,26-27H,4-15H2,1-3H3,(H,42,43,44);1-15H/q;+1/p-1. The van der Waals surface area contributed by atoms with Crippen LogP contribution in [0.3, 0.4) is 0 Å². The Morgan fingerprint density at radius 3 is 1.85 bits per heavy atom. The van der Waals surface area contributed by atoms with E-state index in [2.05, 4.69) is 103 Å². The zero-order valence-corrected chi connectivity index (χ0v) is 38.6. The molecule has 7 rings (SSSR count). The molecule has 17 heteroatoms. The highest BCUT2D eigenvalue weighted by Crippen LogP contribution is 2.66. The summed E-state index contributed by atoms with van der Waals surface area (Å²) in [6.07, 6.45) is -8.10. The van der Waals surface area contributed by atoms with Crippen molar-refractivity contribution in [3.63, 3.8) is 0 Å². The van der Waals surface area contributed by atoms with Crippen molar-refractivity contribution >= 4 is 50.3 Å². The smallest absolute Gasteiger partial charge is 0.432 e. The lowest BCUT2D eigenvalue weighted by Gasteiger charge is -2.58. The Morgan fingerprint density at radius 1 is 0.788 bits per heavy atom. The van der Waals surface area contributed by atoms with Crippen molar-refractivity contribution in [1.82, 2.24) is 0 Å². The zero-order chi connectivity index (χ0) is 48.2. The first-order valence-corrected chi connectivity index (χ1v) is 24.9. The summed E-state index contributed by atoms with van der Waals surface area (Å²) in [6.45, 7) is 5.50. The molecule has 0 radical (unpaired) electrons. The van der Waals surface area contributed by atoms with Gasteiger partial charge in [-0.25, -0.2) is 8.42 Å². The first kappa shape index (κ1) is 50.9. The molecule has 9 unspecified atom stereocenters. The summed E-state index contributed by atoms with van der Waals surface area (Å²) in [6, 6.07) is 32.2. The van der Waals surface area contributed by atoms with E-state index in [1.807, 2.05) is 13.8 Å². The number of halogens is 5. The molecule has 4 saturated carbocycles. The summed E-state index contributed by atoms with van der Waals surface area (Å²) in [5.74, 6) is -2.87. The Kier molecular flexibility index (Phi) is 15.7. The summed E-state index contributed by atoms with van der Waals surface area (Å²) in [5.41, 5.74) is -0.985. The maximum absolute atomic E-state index is 13.9. The third-order valence-corrected chi connectivity index (χ3v) is 17.7. The molecule has 0 amide bonds. The van der Waals surface area contributed by atoms with Gasteiger partial charge in [0.25, 0.3) is 6.10 Å². The van der Waals surface area contributed by atoms with Crippen molar-refractivity contribution in [2.45, 2.75) is 124 Å². The summed E-state index contributed by atoms with van der Waals surface area (Å²) in [5, 5.41) is -5.95. The van der Waals surface area contributed by atoms with Crippen LogP contribution in [0, 0.1) is 46.3 Å². The molecule has 4 aliphatic rings. The summed E-state index contributed by atoms with van der Waals surface area (Å²) in [4.78, 5) is 67.8. The number of carbonyl (C=O) groups is 5. The third kappa shape index (κ3) is 10.8. The Bertz CT molecular complexity index is 2240. The van der Waals surface area contributed by atoms with Gasteiger partial charge < -0.3 is 14.0 Å². The number of Topliss-reactive ketones (excluding diaryl/α,β-unsaturated/α-hetero) is 3. The van der Waals surface area contributed by atoms with Gasteiger partial charge in [-0.1, -0.05) is 75.4 Å². The van der Waals surface area contributed by atoms with E-state index in [0.717, 1.165) is 0 Å². The lowest BCUT2D eigenvalue weighted by Crippen LogP contribution is -2.60. The Balaban J connectivity index is 0.000000312. The van der Waals surface area contributed by atoms with Crippen LogP contribution in [-0.2, 0) is 54.5 Å². The minimum absolute atomic E-state index is 0.0146. The molecule has 9 atom stereocenters. The lowest BCUT2D eigenvalue weighted by molar-refractivity contribution is -0.259. The fourth-order valence-electron chi connectivity index (χ4n) is 11.1. The predicted molar refractivity (Wildman–Crippen MR) is 232 cm³/mol. The van der Waals surface area contributed by atoms with Crippen LogP contribution in [0.5, 0.6) is 0 Å². The zero-order valence-electron chi connectivity index (χ0n) is 37.0. The molecule has 0 aliphatic heterocycles. The number of ketones is 3. The average Bonchev–Trinajstić information content (AvgIpc) is 3.63. The van der Waals surface area contributed by atoms with Crippen LogP contribution in [0.25, 0.3) is 0 Å². The Labute approximate surface area is 384 Å². The molecule has 3 aromatic rings. The van der Waals surface area contributed by atoms with Crippen molar-refractivity contribution in [2.75, 3.05) is 6.61 Å². The molecule has 10 nitrogen and oxygen atoms in total. The maximum Gasteiger partial charge on any atom is 0.432 e. The number of benzene rings is 3. The van der Waals surface area contributed by atoms with Crippen molar-refractivity contribution in [2.24, 2.45) is 46.3 Å². The average molecular weight is 963 g/mol. The number of ether oxygens (including phenoxy) is 2. The van der Waals surface area contributed by atoms with Crippen molar-refractivity contribution < 1.29 is 68.4 Å².